The second-order valence-corrected chi connectivity index (χ2v) is 7.67. The Morgan fingerprint density at radius 2 is 1.84 bits per heavy atom. The first-order valence-corrected chi connectivity index (χ1v) is 10.9. The van der Waals surface area contributed by atoms with Crippen molar-refractivity contribution >= 4 is 29.4 Å². The Morgan fingerprint density at radius 1 is 1.12 bits per heavy atom. The van der Waals surface area contributed by atoms with Crippen molar-refractivity contribution in [1.82, 2.24) is 19.8 Å². The van der Waals surface area contributed by atoms with Gasteiger partial charge in [0.1, 0.15) is 24.1 Å². The van der Waals surface area contributed by atoms with Gasteiger partial charge in [0.15, 0.2) is 0 Å². The molecule has 10 heteroatoms. The molecule has 0 saturated carbocycles. The smallest absolute Gasteiger partial charge is 0.245 e. The fourth-order valence-corrected chi connectivity index (χ4v) is 3.96. The molecule has 2 saturated heterocycles. The van der Waals surface area contributed by atoms with Crippen LogP contribution in [0.3, 0.4) is 0 Å². The number of carbonyl (C=O) groups is 2. The number of amides is 2. The number of anilines is 3. The minimum absolute atomic E-state index is 0.0298. The lowest BCUT2D eigenvalue weighted by atomic mass is 10.1. The minimum atomic E-state index is -0.453. The highest BCUT2D eigenvalue weighted by Gasteiger charge is 2.37. The average molecular weight is 439 g/mol. The first-order valence-electron chi connectivity index (χ1n) is 10.9. The summed E-state index contributed by atoms with van der Waals surface area (Å²) in [6, 6.07) is 3.32. The van der Waals surface area contributed by atoms with Crippen LogP contribution in [0, 0.1) is 11.3 Å². The fraction of sp³-hybridized carbons (Fsp3) is 0.500. The fourth-order valence-electron chi connectivity index (χ4n) is 3.96. The van der Waals surface area contributed by atoms with Crippen LogP contribution in [0.25, 0.3) is 0 Å². The van der Waals surface area contributed by atoms with E-state index < -0.39 is 6.04 Å². The zero-order valence-electron chi connectivity index (χ0n) is 18.3. The van der Waals surface area contributed by atoms with Gasteiger partial charge in [-0.25, -0.2) is 0 Å². The monoisotopic (exact) mass is 438 g/mol. The van der Waals surface area contributed by atoms with Gasteiger partial charge in [-0.3, -0.25) is 9.59 Å². The Morgan fingerprint density at radius 3 is 2.53 bits per heavy atom. The van der Waals surface area contributed by atoms with Crippen LogP contribution < -0.4 is 15.5 Å². The third kappa shape index (κ3) is 5.55. The van der Waals surface area contributed by atoms with Crippen LogP contribution in [0.1, 0.15) is 19.3 Å². The van der Waals surface area contributed by atoms with E-state index in [4.69, 9.17) is 5.26 Å². The molecule has 0 radical (unpaired) electrons. The highest BCUT2D eigenvalue weighted by Crippen LogP contribution is 2.23. The molecule has 2 aliphatic heterocycles. The largest absolute Gasteiger partial charge is 0.366 e. The highest BCUT2D eigenvalue weighted by molar-refractivity contribution is 5.89. The SMILES string of the molecule is C=CCNc1cc(N2CCN(C(=O)C3CCCN3C(=O)CC#N)CC2)nc(NCC=C)n1. The molecule has 2 N–H and O–H groups in total. The number of hydrogen-bond donors (Lipinski definition) is 2. The van der Waals surface area contributed by atoms with Gasteiger partial charge in [0.05, 0.1) is 6.07 Å². The molecule has 1 atom stereocenters. The van der Waals surface area contributed by atoms with Gasteiger partial charge < -0.3 is 25.3 Å². The number of nitrogens with zero attached hydrogens (tertiary/aromatic N) is 6. The predicted octanol–water partition coefficient (Wildman–Crippen LogP) is 1.23. The standard InChI is InChI=1S/C22H30N8O2/c1-3-9-24-18-16-19(27-22(26-18)25-10-4-2)28-12-14-29(15-13-28)21(32)17-6-5-11-30(17)20(31)7-8-23/h3-4,16-17H,1-2,5-7,9-15H2,(H2,24,25,26,27). The average Bonchev–Trinajstić information content (AvgIpc) is 3.31. The molecule has 3 rings (SSSR count). The molecule has 1 aromatic rings. The van der Waals surface area contributed by atoms with E-state index >= 15 is 0 Å². The molecule has 0 spiro atoms. The van der Waals surface area contributed by atoms with Crippen LogP contribution in [-0.4, -0.2) is 83.4 Å². The van der Waals surface area contributed by atoms with Crippen molar-refractivity contribution in [3.63, 3.8) is 0 Å². The van der Waals surface area contributed by atoms with Crippen LogP contribution in [0.4, 0.5) is 17.6 Å². The maximum absolute atomic E-state index is 13.1. The Hall–Kier alpha value is -3.61. The number of nitrogens with one attached hydrogen (secondary N) is 2. The van der Waals surface area contributed by atoms with Crippen LogP contribution in [0.5, 0.6) is 0 Å². The van der Waals surface area contributed by atoms with E-state index in [2.05, 4.69) is 38.7 Å². The van der Waals surface area contributed by atoms with Crippen molar-refractivity contribution in [2.75, 3.05) is 61.3 Å². The third-order valence-electron chi connectivity index (χ3n) is 5.55. The summed E-state index contributed by atoms with van der Waals surface area (Å²) in [5.41, 5.74) is 0. The number of aromatic nitrogens is 2. The first kappa shape index (κ1) is 23.1. The van der Waals surface area contributed by atoms with E-state index in [0.717, 1.165) is 12.2 Å². The Labute approximate surface area is 188 Å². The topological polar surface area (TPSA) is 117 Å². The van der Waals surface area contributed by atoms with Gasteiger partial charge in [-0.1, -0.05) is 12.2 Å². The molecule has 2 fully saturated rings. The number of likely N-dealkylation sites (tertiary alicyclic amines) is 1. The number of nitriles is 1. The molecule has 3 heterocycles. The quantitative estimate of drug-likeness (QED) is 0.553. The van der Waals surface area contributed by atoms with Crippen LogP contribution >= 0.6 is 0 Å². The summed E-state index contributed by atoms with van der Waals surface area (Å²) in [5, 5.41) is 15.1. The molecule has 0 bridgehead atoms. The molecule has 32 heavy (non-hydrogen) atoms. The van der Waals surface area contributed by atoms with Gasteiger partial charge in [0.2, 0.25) is 17.8 Å². The van der Waals surface area contributed by atoms with Gasteiger partial charge in [-0.2, -0.15) is 15.2 Å². The van der Waals surface area contributed by atoms with Crippen LogP contribution in [-0.2, 0) is 9.59 Å². The molecule has 2 aliphatic rings. The molecule has 0 aliphatic carbocycles. The van der Waals surface area contributed by atoms with E-state index in [0.29, 0.717) is 64.0 Å². The van der Waals surface area contributed by atoms with Gasteiger partial charge in [0.25, 0.3) is 0 Å². The molecule has 1 unspecified atom stereocenters. The summed E-state index contributed by atoms with van der Waals surface area (Å²) < 4.78 is 0. The van der Waals surface area contributed by atoms with Crippen molar-refractivity contribution in [1.29, 1.82) is 5.26 Å². The molecule has 1 aromatic heterocycles. The van der Waals surface area contributed by atoms with E-state index in [1.807, 2.05) is 17.0 Å². The van der Waals surface area contributed by atoms with E-state index in [1.54, 1.807) is 17.1 Å². The minimum Gasteiger partial charge on any atom is -0.366 e. The van der Waals surface area contributed by atoms with Crippen LogP contribution in [0.2, 0.25) is 0 Å². The maximum Gasteiger partial charge on any atom is 0.245 e. The van der Waals surface area contributed by atoms with E-state index in [9.17, 15) is 9.59 Å². The second kappa shape index (κ2) is 11.1. The summed E-state index contributed by atoms with van der Waals surface area (Å²) in [5.74, 6) is 1.68. The van der Waals surface area contributed by atoms with Gasteiger partial charge in [0, 0.05) is 51.9 Å². The lowest BCUT2D eigenvalue weighted by Crippen LogP contribution is -2.54. The molecular formula is C22H30N8O2. The van der Waals surface area contributed by atoms with Crippen molar-refractivity contribution in [3.05, 3.63) is 31.4 Å². The molecule has 10 nitrogen and oxygen atoms in total. The van der Waals surface area contributed by atoms with Gasteiger partial charge >= 0.3 is 0 Å². The lowest BCUT2D eigenvalue weighted by molar-refractivity contribution is -0.143. The Bertz CT molecular complexity index is 858. The molecular weight excluding hydrogens is 408 g/mol. The summed E-state index contributed by atoms with van der Waals surface area (Å²) in [6.07, 6.45) is 4.76. The third-order valence-corrected chi connectivity index (χ3v) is 5.55. The zero-order valence-corrected chi connectivity index (χ0v) is 18.3. The maximum atomic E-state index is 13.1. The number of carbonyl (C=O) groups excluding carboxylic acids is 2. The highest BCUT2D eigenvalue weighted by atomic mass is 16.2. The molecule has 2 amide bonds. The normalized spacial score (nSPS) is 18.1. The van der Waals surface area contributed by atoms with Crippen LogP contribution in [0.15, 0.2) is 31.4 Å². The number of hydrogen-bond acceptors (Lipinski definition) is 8. The van der Waals surface area contributed by atoms with Crippen molar-refractivity contribution < 1.29 is 9.59 Å². The van der Waals surface area contributed by atoms with Crippen molar-refractivity contribution in [2.24, 2.45) is 0 Å². The Balaban J connectivity index is 1.65. The molecule has 0 aromatic carbocycles. The predicted molar refractivity (Wildman–Crippen MR) is 123 cm³/mol. The van der Waals surface area contributed by atoms with Crippen molar-refractivity contribution in [2.45, 2.75) is 25.3 Å². The number of piperazine rings is 1. The van der Waals surface area contributed by atoms with Gasteiger partial charge in [-0.05, 0) is 12.8 Å². The second-order valence-electron chi connectivity index (χ2n) is 7.67. The summed E-state index contributed by atoms with van der Waals surface area (Å²) >= 11 is 0. The summed E-state index contributed by atoms with van der Waals surface area (Å²) in [4.78, 5) is 39.8. The van der Waals surface area contributed by atoms with E-state index in [-0.39, 0.29) is 18.2 Å². The Kier molecular flexibility index (Phi) is 8.02. The summed E-state index contributed by atoms with van der Waals surface area (Å²) in [6.45, 7) is 11.5. The van der Waals surface area contributed by atoms with Gasteiger partial charge in [-0.15, -0.1) is 13.2 Å². The van der Waals surface area contributed by atoms with E-state index in [1.165, 1.54) is 0 Å². The molecule has 170 valence electrons. The summed E-state index contributed by atoms with van der Waals surface area (Å²) in [7, 11) is 0. The first-order chi connectivity index (χ1) is 15.6. The number of rotatable bonds is 9. The zero-order chi connectivity index (χ0) is 22.9. The lowest BCUT2D eigenvalue weighted by Gasteiger charge is -2.37. The van der Waals surface area contributed by atoms with Crippen molar-refractivity contribution in [3.8, 4) is 6.07 Å².